The summed E-state index contributed by atoms with van der Waals surface area (Å²) in [7, 11) is 0. The molecule has 20 heavy (non-hydrogen) atoms. The fourth-order valence-electron chi connectivity index (χ4n) is 1.41. The predicted octanol–water partition coefficient (Wildman–Crippen LogP) is 2.97. The maximum absolute atomic E-state index is 11.7. The zero-order chi connectivity index (χ0) is 14.5. The second-order valence-corrected chi connectivity index (χ2v) is 5.08. The smallest absolute Gasteiger partial charge is 0.271 e. The van der Waals surface area contributed by atoms with Crippen molar-refractivity contribution in [2.24, 2.45) is 5.10 Å². The number of phenols is 1. The average Bonchev–Trinajstić information content (AvgIpc) is 2.44. The molecule has 0 fully saturated rings. The molecule has 2 N–H and O–H groups in total. The molecule has 2 aromatic rings. The van der Waals surface area contributed by atoms with Crippen LogP contribution in [0.15, 0.2) is 46.2 Å². The van der Waals surface area contributed by atoms with Gasteiger partial charge < -0.3 is 5.11 Å². The number of phenolic OH excluding ortho intramolecular Hbond substituents is 1. The van der Waals surface area contributed by atoms with Crippen molar-refractivity contribution in [1.82, 2.24) is 10.4 Å². The van der Waals surface area contributed by atoms with Gasteiger partial charge in [0.2, 0.25) is 0 Å². The van der Waals surface area contributed by atoms with Crippen LogP contribution in [0.1, 0.15) is 15.9 Å². The lowest BCUT2D eigenvalue weighted by Gasteiger charge is -2.03. The molecule has 102 valence electrons. The van der Waals surface area contributed by atoms with E-state index in [4.69, 9.17) is 11.6 Å². The zero-order valence-corrected chi connectivity index (χ0v) is 12.4. The Bertz CT molecular complexity index is 662. The lowest BCUT2D eigenvalue weighted by atomic mass is 10.2. The molecule has 0 aliphatic carbocycles. The van der Waals surface area contributed by atoms with Crippen molar-refractivity contribution in [2.75, 3.05) is 0 Å². The van der Waals surface area contributed by atoms with E-state index in [9.17, 15) is 9.90 Å². The molecule has 7 heteroatoms. The summed E-state index contributed by atoms with van der Waals surface area (Å²) in [5.74, 6) is -0.471. The summed E-state index contributed by atoms with van der Waals surface area (Å²) in [4.78, 5) is 15.5. The number of nitrogens with zero attached hydrogens (tertiary/aromatic N) is 2. The first-order chi connectivity index (χ1) is 9.58. The van der Waals surface area contributed by atoms with Crippen LogP contribution in [0.3, 0.4) is 0 Å². The molecule has 0 bridgehead atoms. The van der Waals surface area contributed by atoms with Crippen molar-refractivity contribution in [1.29, 1.82) is 0 Å². The van der Waals surface area contributed by atoms with Crippen molar-refractivity contribution in [3.8, 4) is 5.75 Å². The number of rotatable bonds is 3. The summed E-state index contributed by atoms with van der Waals surface area (Å²) in [6, 6.07) is 6.32. The molecule has 0 radical (unpaired) electrons. The number of hydrazone groups is 1. The number of hydrogen-bond donors (Lipinski definition) is 2. The van der Waals surface area contributed by atoms with Crippen LogP contribution in [0.4, 0.5) is 0 Å². The first-order valence-corrected chi connectivity index (χ1v) is 6.66. The maximum atomic E-state index is 11.7. The molecule has 0 saturated heterocycles. The first-order valence-electron chi connectivity index (χ1n) is 5.49. The number of benzene rings is 1. The summed E-state index contributed by atoms with van der Waals surface area (Å²) in [6.45, 7) is 0. The number of pyridine rings is 1. The Morgan fingerprint density at radius 2 is 2.10 bits per heavy atom. The second kappa shape index (κ2) is 6.49. The van der Waals surface area contributed by atoms with Crippen LogP contribution in [-0.4, -0.2) is 22.2 Å². The van der Waals surface area contributed by atoms with E-state index in [2.05, 4.69) is 31.4 Å². The van der Waals surface area contributed by atoms with E-state index < -0.39 is 0 Å². The van der Waals surface area contributed by atoms with Gasteiger partial charge in [-0.25, -0.2) is 5.43 Å². The Hall–Kier alpha value is -1.92. The van der Waals surface area contributed by atoms with Gasteiger partial charge in [-0.2, -0.15) is 5.10 Å². The first kappa shape index (κ1) is 14.5. The topological polar surface area (TPSA) is 74.6 Å². The Morgan fingerprint density at radius 1 is 1.40 bits per heavy atom. The van der Waals surface area contributed by atoms with Crippen LogP contribution in [0, 0.1) is 0 Å². The average molecular weight is 355 g/mol. The molecule has 0 atom stereocenters. The monoisotopic (exact) mass is 353 g/mol. The molecule has 0 aliphatic rings. The molecule has 0 unspecified atom stereocenters. The fraction of sp³-hybridized carbons (Fsp3) is 0. The van der Waals surface area contributed by atoms with Crippen LogP contribution >= 0.6 is 27.5 Å². The molecule has 2 rings (SSSR count). The summed E-state index contributed by atoms with van der Waals surface area (Å²) >= 11 is 9.07. The van der Waals surface area contributed by atoms with Crippen molar-refractivity contribution < 1.29 is 9.90 Å². The number of carbonyl (C=O) groups is 1. The van der Waals surface area contributed by atoms with E-state index >= 15 is 0 Å². The van der Waals surface area contributed by atoms with E-state index in [-0.39, 0.29) is 16.7 Å². The van der Waals surface area contributed by atoms with Gasteiger partial charge >= 0.3 is 0 Å². The standard InChI is InChI=1S/C13H9BrClN3O2/c14-10-5-9(12(19)11(15)6-10)7-17-18-13(20)8-1-3-16-4-2-8/h1-7,19H,(H,18,20). The van der Waals surface area contributed by atoms with E-state index in [1.54, 1.807) is 24.3 Å². The van der Waals surface area contributed by atoms with E-state index in [0.29, 0.717) is 15.6 Å². The molecule has 1 amide bonds. The lowest BCUT2D eigenvalue weighted by Crippen LogP contribution is -2.17. The van der Waals surface area contributed by atoms with Gasteiger partial charge in [0.1, 0.15) is 5.75 Å². The zero-order valence-electron chi connectivity index (χ0n) is 10.0. The molecule has 5 nitrogen and oxygen atoms in total. The minimum absolute atomic E-state index is 0.100. The number of aromatic hydroxyl groups is 1. The van der Waals surface area contributed by atoms with E-state index in [0.717, 1.165) is 0 Å². The Balaban J connectivity index is 2.10. The molecule has 0 spiro atoms. The minimum Gasteiger partial charge on any atom is -0.506 e. The van der Waals surface area contributed by atoms with Crippen molar-refractivity contribution in [2.45, 2.75) is 0 Å². The minimum atomic E-state index is -0.371. The number of carbonyl (C=O) groups excluding carboxylic acids is 1. The molecule has 1 heterocycles. The number of amides is 1. The highest BCUT2D eigenvalue weighted by Crippen LogP contribution is 2.30. The van der Waals surface area contributed by atoms with Crippen molar-refractivity contribution in [3.63, 3.8) is 0 Å². The van der Waals surface area contributed by atoms with Gasteiger partial charge in [0, 0.05) is 28.0 Å². The summed E-state index contributed by atoms with van der Waals surface area (Å²) in [6.07, 6.45) is 4.34. The number of hydrogen-bond acceptors (Lipinski definition) is 4. The summed E-state index contributed by atoms with van der Waals surface area (Å²) in [5.41, 5.74) is 3.17. The van der Waals surface area contributed by atoms with Gasteiger partial charge in [0.05, 0.1) is 11.2 Å². The van der Waals surface area contributed by atoms with Crippen LogP contribution in [-0.2, 0) is 0 Å². The number of halogens is 2. The summed E-state index contributed by atoms with van der Waals surface area (Å²) < 4.78 is 0.696. The van der Waals surface area contributed by atoms with E-state index in [1.165, 1.54) is 18.6 Å². The SMILES string of the molecule is O=C(NN=Cc1cc(Br)cc(Cl)c1O)c1ccncc1. The van der Waals surface area contributed by atoms with Gasteiger partial charge in [-0.05, 0) is 24.3 Å². The van der Waals surface area contributed by atoms with Gasteiger partial charge in [-0.1, -0.05) is 27.5 Å². The largest absolute Gasteiger partial charge is 0.506 e. The van der Waals surface area contributed by atoms with E-state index in [1.807, 2.05) is 0 Å². The Labute approximate surface area is 128 Å². The third kappa shape index (κ3) is 3.55. The highest BCUT2D eigenvalue weighted by atomic mass is 79.9. The maximum Gasteiger partial charge on any atom is 0.271 e. The molecule has 0 saturated carbocycles. The third-order valence-corrected chi connectivity index (χ3v) is 3.12. The Morgan fingerprint density at radius 3 is 2.80 bits per heavy atom. The summed E-state index contributed by atoms with van der Waals surface area (Å²) in [5, 5.41) is 13.7. The fourth-order valence-corrected chi connectivity index (χ4v) is 2.25. The van der Waals surface area contributed by atoms with Crippen molar-refractivity contribution >= 4 is 39.7 Å². The predicted molar refractivity (Wildman–Crippen MR) is 80.1 cm³/mol. The second-order valence-electron chi connectivity index (χ2n) is 3.76. The molecule has 1 aromatic carbocycles. The molecule has 0 aliphatic heterocycles. The van der Waals surface area contributed by atoms with Gasteiger partial charge in [-0.3, -0.25) is 9.78 Å². The highest BCUT2D eigenvalue weighted by molar-refractivity contribution is 9.10. The third-order valence-electron chi connectivity index (χ3n) is 2.37. The number of aromatic nitrogens is 1. The lowest BCUT2D eigenvalue weighted by molar-refractivity contribution is 0.0955. The molecule has 1 aromatic heterocycles. The van der Waals surface area contributed by atoms with Gasteiger partial charge in [0.25, 0.3) is 5.91 Å². The van der Waals surface area contributed by atoms with Crippen LogP contribution in [0.2, 0.25) is 5.02 Å². The highest BCUT2D eigenvalue weighted by Gasteiger charge is 2.06. The number of nitrogens with one attached hydrogen (secondary N) is 1. The quantitative estimate of drug-likeness (QED) is 0.657. The van der Waals surface area contributed by atoms with Crippen LogP contribution in [0.25, 0.3) is 0 Å². The Kier molecular flexibility index (Phi) is 4.70. The van der Waals surface area contributed by atoms with Crippen LogP contribution in [0.5, 0.6) is 5.75 Å². The normalized spacial score (nSPS) is 10.7. The molecular weight excluding hydrogens is 346 g/mol. The molecular formula is C13H9BrClN3O2. The van der Waals surface area contributed by atoms with Gasteiger partial charge in [-0.15, -0.1) is 0 Å². The van der Waals surface area contributed by atoms with Crippen LogP contribution < -0.4 is 5.43 Å². The van der Waals surface area contributed by atoms with Gasteiger partial charge in [0.15, 0.2) is 0 Å². The van der Waals surface area contributed by atoms with Crippen molar-refractivity contribution in [3.05, 3.63) is 57.3 Å².